The summed E-state index contributed by atoms with van der Waals surface area (Å²) in [6.07, 6.45) is 3.97. The zero-order valence-corrected chi connectivity index (χ0v) is 9.66. The summed E-state index contributed by atoms with van der Waals surface area (Å²) in [5.74, 6) is 0.685. The predicted molar refractivity (Wildman–Crippen MR) is 58.8 cm³/mol. The molecule has 80 valence electrons. The molecule has 0 spiro atoms. The molecule has 0 aromatic heterocycles. The number of hydrogen-bond acceptors (Lipinski definition) is 2. The molecular formula is C12H22N2. The number of hydrogen-bond donors (Lipinski definition) is 0. The molecule has 2 atom stereocenters. The van der Waals surface area contributed by atoms with Crippen molar-refractivity contribution in [3.05, 3.63) is 0 Å². The van der Waals surface area contributed by atoms with Gasteiger partial charge in [0, 0.05) is 12.6 Å². The molecule has 0 aromatic rings. The summed E-state index contributed by atoms with van der Waals surface area (Å²) in [5.41, 5.74) is 0. The molecule has 0 N–H and O–H groups in total. The second-order valence-corrected chi connectivity index (χ2v) is 4.82. The van der Waals surface area contributed by atoms with Gasteiger partial charge in [-0.3, -0.25) is 4.90 Å². The van der Waals surface area contributed by atoms with Gasteiger partial charge in [-0.25, -0.2) is 0 Å². The molecular weight excluding hydrogens is 172 g/mol. The van der Waals surface area contributed by atoms with Gasteiger partial charge < -0.3 is 0 Å². The first-order valence-corrected chi connectivity index (χ1v) is 5.78. The van der Waals surface area contributed by atoms with E-state index >= 15 is 0 Å². The van der Waals surface area contributed by atoms with Gasteiger partial charge in [0.05, 0.1) is 12.0 Å². The third-order valence-electron chi connectivity index (χ3n) is 3.34. The first kappa shape index (κ1) is 11.5. The molecule has 0 amide bonds. The van der Waals surface area contributed by atoms with Gasteiger partial charge in [0.25, 0.3) is 0 Å². The quantitative estimate of drug-likeness (QED) is 0.690. The third kappa shape index (κ3) is 2.99. The zero-order valence-electron chi connectivity index (χ0n) is 9.66. The lowest BCUT2D eigenvalue weighted by Crippen LogP contribution is -2.41. The van der Waals surface area contributed by atoms with Crippen molar-refractivity contribution in [1.29, 1.82) is 5.26 Å². The van der Waals surface area contributed by atoms with E-state index in [-0.39, 0.29) is 5.92 Å². The molecule has 2 nitrogen and oxygen atoms in total. The van der Waals surface area contributed by atoms with Gasteiger partial charge in [-0.2, -0.15) is 5.26 Å². The van der Waals surface area contributed by atoms with Crippen LogP contribution >= 0.6 is 0 Å². The molecule has 1 aliphatic heterocycles. The molecule has 1 heterocycles. The maximum absolute atomic E-state index is 9.04. The SMILES string of the molecule is CC(C)C(C#N)CN1CCCCC1C. The highest BCUT2D eigenvalue weighted by atomic mass is 15.2. The van der Waals surface area contributed by atoms with Crippen LogP contribution < -0.4 is 0 Å². The summed E-state index contributed by atoms with van der Waals surface area (Å²) < 4.78 is 0. The molecule has 0 saturated carbocycles. The lowest BCUT2D eigenvalue weighted by Gasteiger charge is -2.35. The van der Waals surface area contributed by atoms with E-state index in [1.54, 1.807) is 0 Å². The van der Waals surface area contributed by atoms with E-state index < -0.39 is 0 Å². The summed E-state index contributed by atoms with van der Waals surface area (Å²) >= 11 is 0. The van der Waals surface area contributed by atoms with Crippen molar-refractivity contribution < 1.29 is 0 Å². The van der Waals surface area contributed by atoms with Crippen LogP contribution in [-0.4, -0.2) is 24.0 Å². The highest BCUT2D eigenvalue weighted by Crippen LogP contribution is 2.20. The zero-order chi connectivity index (χ0) is 10.6. The van der Waals surface area contributed by atoms with E-state index in [2.05, 4.69) is 31.7 Å². The lowest BCUT2D eigenvalue weighted by molar-refractivity contribution is 0.137. The van der Waals surface area contributed by atoms with Gasteiger partial charge in [-0.15, -0.1) is 0 Å². The minimum Gasteiger partial charge on any atom is -0.299 e. The maximum Gasteiger partial charge on any atom is 0.0672 e. The summed E-state index contributed by atoms with van der Waals surface area (Å²) in [5, 5.41) is 9.04. The smallest absolute Gasteiger partial charge is 0.0672 e. The fourth-order valence-electron chi connectivity index (χ4n) is 2.08. The summed E-state index contributed by atoms with van der Waals surface area (Å²) in [4.78, 5) is 2.48. The van der Waals surface area contributed by atoms with Crippen LogP contribution in [0.25, 0.3) is 0 Å². The summed E-state index contributed by atoms with van der Waals surface area (Å²) in [6, 6.07) is 3.11. The molecule has 0 bridgehead atoms. The van der Waals surface area contributed by atoms with E-state index in [4.69, 9.17) is 5.26 Å². The highest BCUT2D eigenvalue weighted by Gasteiger charge is 2.22. The van der Waals surface area contributed by atoms with Gasteiger partial charge >= 0.3 is 0 Å². The van der Waals surface area contributed by atoms with E-state index in [0.29, 0.717) is 12.0 Å². The van der Waals surface area contributed by atoms with E-state index in [1.807, 2.05) is 0 Å². The number of nitriles is 1. The Balaban J connectivity index is 2.45. The third-order valence-corrected chi connectivity index (χ3v) is 3.34. The molecule has 14 heavy (non-hydrogen) atoms. The molecule has 1 fully saturated rings. The fraction of sp³-hybridized carbons (Fsp3) is 0.917. The average Bonchev–Trinajstić information content (AvgIpc) is 2.16. The molecule has 0 aromatic carbocycles. The van der Waals surface area contributed by atoms with Crippen LogP contribution in [0.2, 0.25) is 0 Å². The average molecular weight is 194 g/mol. The maximum atomic E-state index is 9.04. The minimum absolute atomic E-state index is 0.204. The predicted octanol–water partition coefficient (Wildman–Crippen LogP) is 2.66. The first-order chi connectivity index (χ1) is 6.65. The largest absolute Gasteiger partial charge is 0.299 e. The van der Waals surface area contributed by atoms with Crippen molar-refractivity contribution in [3.8, 4) is 6.07 Å². The van der Waals surface area contributed by atoms with Crippen LogP contribution in [0.5, 0.6) is 0 Å². The molecule has 0 aliphatic carbocycles. The van der Waals surface area contributed by atoms with Crippen LogP contribution in [0.4, 0.5) is 0 Å². The van der Waals surface area contributed by atoms with Crippen LogP contribution in [0, 0.1) is 23.2 Å². The Morgan fingerprint density at radius 1 is 1.43 bits per heavy atom. The molecule has 1 rings (SSSR count). The van der Waals surface area contributed by atoms with Crippen LogP contribution in [0.3, 0.4) is 0 Å². The number of piperidine rings is 1. The topological polar surface area (TPSA) is 27.0 Å². The number of rotatable bonds is 3. The Hall–Kier alpha value is -0.550. The Labute approximate surface area is 87.9 Å². The van der Waals surface area contributed by atoms with Crippen molar-refractivity contribution in [1.82, 2.24) is 4.90 Å². The Bertz CT molecular complexity index is 205. The van der Waals surface area contributed by atoms with E-state index in [9.17, 15) is 0 Å². The standard InChI is InChI=1S/C12H22N2/c1-10(2)12(8-13)9-14-7-5-4-6-11(14)3/h10-12H,4-7,9H2,1-3H3. The van der Waals surface area contributed by atoms with Gasteiger partial charge in [0.1, 0.15) is 0 Å². The van der Waals surface area contributed by atoms with Crippen molar-refractivity contribution in [3.63, 3.8) is 0 Å². The van der Waals surface area contributed by atoms with E-state index in [1.165, 1.54) is 25.8 Å². The van der Waals surface area contributed by atoms with Crippen molar-refractivity contribution in [2.75, 3.05) is 13.1 Å². The molecule has 2 unspecified atom stereocenters. The lowest BCUT2D eigenvalue weighted by atomic mass is 9.94. The van der Waals surface area contributed by atoms with Crippen molar-refractivity contribution in [2.24, 2.45) is 11.8 Å². The van der Waals surface area contributed by atoms with Crippen LogP contribution in [0.15, 0.2) is 0 Å². The van der Waals surface area contributed by atoms with Gasteiger partial charge in [0.15, 0.2) is 0 Å². The number of likely N-dealkylation sites (tertiary alicyclic amines) is 1. The molecule has 1 saturated heterocycles. The first-order valence-electron chi connectivity index (χ1n) is 5.78. The monoisotopic (exact) mass is 194 g/mol. The second-order valence-electron chi connectivity index (χ2n) is 4.82. The van der Waals surface area contributed by atoms with E-state index in [0.717, 1.165) is 6.54 Å². The Kier molecular flexibility index (Phi) is 4.41. The summed E-state index contributed by atoms with van der Waals surface area (Å²) in [6.45, 7) is 8.72. The minimum atomic E-state index is 0.204. The second kappa shape index (κ2) is 5.36. The van der Waals surface area contributed by atoms with Gasteiger partial charge in [0.2, 0.25) is 0 Å². The fourth-order valence-corrected chi connectivity index (χ4v) is 2.08. The normalized spacial score (nSPS) is 26.1. The number of nitrogens with zero attached hydrogens (tertiary/aromatic N) is 2. The van der Waals surface area contributed by atoms with Crippen LogP contribution in [-0.2, 0) is 0 Å². The van der Waals surface area contributed by atoms with Crippen molar-refractivity contribution >= 4 is 0 Å². The highest BCUT2D eigenvalue weighted by molar-refractivity contribution is 4.89. The van der Waals surface area contributed by atoms with Gasteiger partial charge in [-0.05, 0) is 32.2 Å². The van der Waals surface area contributed by atoms with Gasteiger partial charge in [-0.1, -0.05) is 20.3 Å². The molecule has 0 radical (unpaired) electrons. The van der Waals surface area contributed by atoms with Crippen molar-refractivity contribution in [2.45, 2.75) is 46.1 Å². The van der Waals surface area contributed by atoms with Crippen LogP contribution in [0.1, 0.15) is 40.0 Å². The Morgan fingerprint density at radius 3 is 2.64 bits per heavy atom. The molecule has 2 heteroatoms. The summed E-state index contributed by atoms with van der Waals surface area (Å²) in [7, 11) is 0. The Morgan fingerprint density at radius 2 is 2.14 bits per heavy atom. The molecule has 1 aliphatic rings.